The second-order valence-electron chi connectivity index (χ2n) is 2.23. The third kappa shape index (κ3) is 4.45. The molecule has 0 N–H and O–H groups in total. The van der Waals surface area contributed by atoms with Gasteiger partial charge >= 0.3 is 11.9 Å². The van der Waals surface area contributed by atoms with Crippen molar-refractivity contribution in [1.29, 1.82) is 0 Å². The Morgan fingerprint density at radius 1 is 1.54 bits per heavy atom. The van der Waals surface area contributed by atoms with Crippen molar-refractivity contribution in [1.82, 2.24) is 0 Å². The number of hydrogen-bond donors (Lipinski definition) is 0. The Kier molecular flexibility index (Phi) is 5.03. The topological polar surface area (TPSA) is 35.5 Å². The molecule has 0 saturated heterocycles. The van der Waals surface area contributed by atoms with E-state index in [2.05, 4.69) is 9.47 Å². The van der Waals surface area contributed by atoms with E-state index in [4.69, 9.17) is 0 Å². The Balaban J connectivity index is 3.95. The first kappa shape index (κ1) is 11.9. The molecule has 0 spiro atoms. The maximum atomic E-state index is 12.7. The van der Waals surface area contributed by atoms with Crippen molar-refractivity contribution in [2.24, 2.45) is 0 Å². The summed E-state index contributed by atoms with van der Waals surface area (Å²) in [7, 11) is 0.919. The average molecular weight is 194 g/mol. The molecule has 0 unspecified atom stereocenters. The molecule has 0 aromatic rings. The van der Waals surface area contributed by atoms with Crippen molar-refractivity contribution in [3.8, 4) is 0 Å². The lowest BCUT2D eigenvalue weighted by Crippen LogP contribution is -2.29. The van der Waals surface area contributed by atoms with Crippen molar-refractivity contribution in [2.75, 3.05) is 13.7 Å². The summed E-state index contributed by atoms with van der Waals surface area (Å²) in [6, 6.07) is 0. The SMILES string of the molecule is CCO/C=C/CC(F)(F)C(=O)OC. The standard InChI is InChI=1S/C8H12F2O3/c1-3-13-6-4-5-8(9,10)7(11)12-2/h4,6H,3,5H2,1-2H3/b6-4+. The molecule has 0 aromatic heterocycles. The third-order valence-corrected chi connectivity index (χ3v) is 1.22. The van der Waals surface area contributed by atoms with E-state index < -0.39 is 18.3 Å². The lowest BCUT2D eigenvalue weighted by Gasteiger charge is -2.10. The normalized spacial score (nSPS) is 11.7. The van der Waals surface area contributed by atoms with Crippen molar-refractivity contribution < 1.29 is 23.0 Å². The number of rotatable bonds is 5. The highest BCUT2D eigenvalue weighted by atomic mass is 19.3. The first-order valence-electron chi connectivity index (χ1n) is 3.77. The van der Waals surface area contributed by atoms with Crippen LogP contribution in [0.2, 0.25) is 0 Å². The van der Waals surface area contributed by atoms with E-state index in [9.17, 15) is 13.6 Å². The molecule has 13 heavy (non-hydrogen) atoms. The monoisotopic (exact) mass is 194 g/mol. The molecular formula is C8H12F2O3. The van der Waals surface area contributed by atoms with E-state index >= 15 is 0 Å². The van der Waals surface area contributed by atoms with E-state index in [1.807, 2.05) is 0 Å². The lowest BCUT2D eigenvalue weighted by atomic mass is 10.2. The average Bonchev–Trinajstić information content (AvgIpc) is 2.11. The van der Waals surface area contributed by atoms with Gasteiger partial charge in [-0.1, -0.05) is 0 Å². The smallest absolute Gasteiger partial charge is 0.377 e. The number of esters is 1. The van der Waals surface area contributed by atoms with E-state index in [-0.39, 0.29) is 0 Å². The summed E-state index contributed by atoms with van der Waals surface area (Å²) in [6.07, 6.45) is 1.51. The second kappa shape index (κ2) is 5.50. The van der Waals surface area contributed by atoms with Crippen LogP contribution in [-0.2, 0) is 14.3 Å². The molecule has 5 heteroatoms. The predicted molar refractivity (Wildman–Crippen MR) is 42.3 cm³/mol. The fourth-order valence-electron chi connectivity index (χ4n) is 0.593. The molecule has 0 heterocycles. The summed E-state index contributed by atoms with van der Waals surface area (Å²) in [5, 5.41) is 0. The highest BCUT2D eigenvalue weighted by molar-refractivity contribution is 5.77. The predicted octanol–water partition coefficient (Wildman–Crippen LogP) is 1.74. The first-order chi connectivity index (χ1) is 6.04. The van der Waals surface area contributed by atoms with Crippen molar-refractivity contribution in [3.05, 3.63) is 12.3 Å². The molecule has 0 aliphatic heterocycles. The van der Waals surface area contributed by atoms with E-state index in [1.165, 1.54) is 0 Å². The van der Waals surface area contributed by atoms with Crippen molar-refractivity contribution >= 4 is 5.97 Å². The van der Waals surface area contributed by atoms with Crippen LogP contribution in [0.4, 0.5) is 8.78 Å². The number of carbonyl (C=O) groups is 1. The number of allylic oxidation sites excluding steroid dienone is 1. The Morgan fingerprint density at radius 3 is 2.62 bits per heavy atom. The van der Waals surface area contributed by atoms with Crippen LogP contribution >= 0.6 is 0 Å². The van der Waals surface area contributed by atoms with Crippen molar-refractivity contribution in [3.63, 3.8) is 0 Å². The van der Waals surface area contributed by atoms with Gasteiger partial charge in [0.1, 0.15) is 0 Å². The van der Waals surface area contributed by atoms with Gasteiger partial charge in [0.2, 0.25) is 0 Å². The van der Waals surface area contributed by atoms with Crippen LogP contribution in [0.15, 0.2) is 12.3 Å². The maximum Gasteiger partial charge on any atom is 0.377 e. The van der Waals surface area contributed by atoms with Gasteiger partial charge in [-0.2, -0.15) is 8.78 Å². The zero-order chi connectivity index (χ0) is 10.3. The molecule has 76 valence electrons. The fourth-order valence-corrected chi connectivity index (χ4v) is 0.593. The summed E-state index contributed by atoms with van der Waals surface area (Å²) in [4.78, 5) is 10.5. The van der Waals surface area contributed by atoms with Gasteiger partial charge in [-0.25, -0.2) is 4.79 Å². The molecule has 0 amide bonds. The molecule has 0 bridgehead atoms. The van der Waals surface area contributed by atoms with E-state index in [0.29, 0.717) is 6.61 Å². The minimum atomic E-state index is -3.47. The second-order valence-corrected chi connectivity index (χ2v) is 2.23. The van der Waals surface area contributed by atoms with Crippen LogP contribution in [0.1, 0.15) is 13.3 Å². The Labute approximate surface area is 75.3 Å². The molecule has 0 aliphatic carbocycles. The van der Waals surface area contributed by atoms with Gasteiger partial charge in [-0.15, -0.1) is 0 Å². The molecule has 0 atom stereocenters. The van der Waals surface area contributed by atoms with Gasteiger partial charge in [0, 0.05) is 6.42 Å². The Morgan fingerprint density at radius 2 is 2.15 bits per heavy atom. The van der Waals surface area contributed by atoms with Crippen LogP contribution in [-0.4, -0.2) is 25.6 Å². The quantitative estimate of drug-likeness (QED) is 0.494. The third-order valence-electron chi connectivity index (χ3n) is 1.22. The number of hydrogen-bond acceptors (Lipinski definition) is 3. The van der Waals surface area contributed by atoms with E-state index in [0.717, 1.165) is 19.4 Å². The summed E-state index contributed by atoms with van der Waals surface area (Å²) >= 11 is 0. The van der Waals surface area contributed by atoms with Crippen LogP contribution in [0.5, 0.6) is 0 Å². The van der Waals surface area contributed by atoms with E-state index in [1.54, 1.807) is 6.92 Å². The van der Waals surface area contributed by atoms with Gasteiger partial charge in [-0.3, -0.25) is 0 Å². The maximum absolute atomic E-state index is 12.7. The molecule has 0 rings (SSSR count). The van der Waals surface area contributed by atoms with Gasteiger partial charge < -0.3 is 9.47 Å². The molecule has 0 radical (unpaired) electrons. The molecule has 0 fully saturated rings. The molecular weight excluding hydrogens is 182 g/mol. The van der Waals surface area contributed by atoms with Crippen LogP contribution in [0.25, 0.3) is 0 Å². The van der Waals surface area contributed by atoms with Gasteiger partial charge in [-0.05, 0) is 13.0 Å². The Hall–Kier alpha value is -1.13. The van der Waals surface area contributed by atoms with Crippen LogP contribution in [0, 0.1) is 0 Å². The van der Waals surface area contributed by atoms with Crippen LogP contribution < -0.4 is 0 Å². The van der Waals surface area contributed by atoms with Crippen molar-refractivity contribution in [2.45, 2.75) is 19.3 Å². The van der Waals surface area contributed by atoms with Crippen LogP contribution in [0.3, 0.4) is 0 Å². The number of halogens is 2. The molecule has 0 saturated carbocycles. The summed E-state index contributed by atoms with van der Waals surface area (Å²) < 4.78 is 33.9. The molecule has 3 nitrogen and oxygen atoms in total. The first-order valence-corrected chi connectivity index (χ1v) is 3.77. The lowest BCUT2D eigenvalue weighted by molar-refractivity contribution is -0.168. The minimum absolute atomic E-state index is 0.403. The number of alkyl halides is 2. The Bertz CT molecular complexity index is 190. The number of methoxy groups -OCH3 is 1. The highest BCUT2D eigenvalue weighted by Crippen LogP contribution is 2.20. The zero-order valence-corrected chi connectivity index (χ0v) is 7.55. The largest absolute Gasteiger partial charge is 0.502 e. The van der Waals surface area contributed by atoms with Gasteiger partial charge in [0.15, 0.2) is 0 Å². The molecule has 0 aromatic carbocycles. The zero-order valence-electron chi connectivity index (χ0n) is 7.55. The van der Waals surface area contributed by atoms with Gasteiger partial charge in [0.05, 0.1) is 20.0 Å². The number of ether oxygens (including phenoxy) is 2. The minimum Gasteiger partial charge on any atom is -0.502 e. The molecule has 0 aliphatic rings. The van der Waals surface area contributed by atoms with Gasteiger partial charge in [0.25, 0.3) is 0 Å². The number of carbonyl (C=O) groups excluding carboxylic acids is 1. The summed E-state index contributed by atoms with van der Waals surface area (Å²) in [5.41, 5.74) is 0. The fraction of sp³-hybridized carbons (Fsp3) is 0.625. The summed E-state index contributed by atoms with van der Waals surface area (Å²) in [5.74, 6) is -5.00. The summed E-state index contributed by atoms with van der Waals surface area (Å²) in [6.45, 7) is 2.13. The highest BCUT2D eigenvalue weighted by Gasteiger charge is 2.38.